The summed E-state index contributed by atoms with van der Waals surface area (Å²) in [6.45, 7) is 0.320. The Bertz CT molecular complexity index is 769. The number of para-hydroxylation sites is 1. The van der Waals surface area contributed by atoms with E-state index in [1.165, 1.54) is 7.11 Å². The van der Waals surface area contributed by atoms with Crippen LogP contribution in [-0.2, 0) is 11.3 Å². The van der Waals surface area contributed by atoms with Gasteiger partial charge in [-0.3, -0.25) is 14.4 Å². The molecular formula is C19H20N2O4. The summed E-state index contributed by atoms with van der Waals surface area (Å²) in [6.07, 6.45) is 0.197. The van der Waals surface area contributed by atoms with Crippen LogP contribution in [0.3, 0.4) is 0 Å². The normalized spacial score (nSPS) is 10.1. The van der Waals surface area contributed by atoms with E-state index < -0.39 is 5.91 Å². The van der Waals surface area contributed by atoms with E-state index in [4.69, 9.17) is 10.5 Å². The smallest absolute Gasteiger partial charge is 0.248 e. The number of ketones is 1. The van der Waals surface area contributed by atoms with Crippen molar-refractivity contribution in [2.24, 2.45) is 5.73 Å². The molecule has 0 spiro atoms. The lowest BCUT2D eigenvalue weighted by atomic mass is 10.1. The molecule has 2 aromatic carbocycles. The number of nitrogens with two attached hydrogens (primary N) is 1. The van der Waals surface area contributed by atoms with Gasteiger partial charge in [0.25, 0.3) is 0 Å². The van der Waals surface area contributed by atoms with Crippen LogP contribution in [0.2, 0.25) is 0 Å². The maximum absolute atomic E-state index is 12.2. The lowest BCUT2D eigenvalue weighted by Crippen LogP contribution is -2.23. The molecule has 0 fully saturated rings. The van der Waals surface area contributed by atoms with Gasteiger partial charge in [-0.2, -0.15) is 0 Å². The number of benzene rings is 2. The molecule has 0 saturated heterocycles. The minimum absolute atomic E-state index is 0.0935. The molecule has 2 rings (SSSR count). The molecule has 0 aliphatic rings. The SMILES string of the molecule is COc1ccccc1C(=O)CCC(=O)NCc1ccc(C(N)=O)cc1. The Balaban J connectivity index is 1.82. The molecule has 3 N–H and O–H groups in total. The van der Waals surface area contributed by atoms with Crippen LogP contribution in [0.1, 0.15) is 39.1 Å². The molecule has 0 heterocycles. The van der Waals surface area contributed by atoms with E-state index in [-0.39, 0.29) is 24.5 Å². The summed E-state index contributed by atoms with van der Waals surface area (Å²) in [4.78, 5) is 35.1. The molecule has 6 nitrogen and oxygen atoms in total. The molecule has 25 heavy (non-hydrogen) atoms. The van der Waals surface area contributed by atoms with Crippen LogP contribution < -0.4 is 15.8 Å². The number of carbonyl (C=O) groups is 3. The molecule has 2 aromatic rings. The third-order valence-electron chi connectivity index (χ3n) is 3.71. The minimum atomic E-state index is -0.495. The van der Waals surface area contributed by atoms with E-state index in [1.807, 2.05) is 0 Å². The molecule has 0 unspecified atom stereocenters. The van der Waals surface area contributed by atoms with Gasteiger partial charge in [-0.1, -0.05) is 24.3 Å². The van der Waals surface area contributed by atoms with Gasteiger partial charge in [0, 0.05) is 24.9 Å². The molecule has 0 aromatic heterocycles. The van der Waals surface area contributed by atoms with Crippen LogP contribution in [0.4, 0.5) is 0 Å². The molecular weight excluding hydrogens is 320 g/mol. The van der Waals surface area contributed by atoms with Crippen molar-refractivity contribution in [3.63, 3.8) is 0 Å². The summed E-state index contributed by atoms with van der Waals surface area (Å²) >= 11 is 0. The Labute approximate surface area is 146 Å². The number of ether oxygens (including phenoxy) is 1. The maximum atomic E-state index is 12.2. The van der Waals surface area contributed by atoms with Crippen LogP contribution in [-0.4, -0.2) is 24.7 Å². The van der Waals surface area contributed by atoms with Crippen molar-refractivity contribution in [2.45, 2.75) is 19.4 Å². The third kappa shape index (κ3) is 5.17. The fraction of sp³-hybridized carbons (Fsp3) is 0.211. The van der Waals surface area contributed by atoms with Crippen molar-refractivity contribution in [3.05, 3.63) is 65.2 Å². The number of Topliss-reactive ketones (excluding diaryl/α,β-unsaturated/α-hetero) is 1. The van der Waals surface area contributed by atoms with E-state index in [2.05, 4.69) is 5.32 Å². The molecule has 2 amide bonds. The Hall–Kier alpha value is -3.15. The van der Waals surface area contributed by atoms with Gasteiger partial charge in [0.15, 0.2) is 5.78 Å². The van der Waals surface area contributed by atoms with Crippen molar-refractivity contribution in [2.75, 3.05) is 7.11 Å². The number of carbonyl (C=O) groups excluding carboxylic acids is 3. The van der Waals surface area contributed by atoms with Crippen molar-refractivity contribution in [3.8, 4) is 5.75 Å². The van der Waals surface area contributed by atoms with Gasteiger partial charge < -0.3 is 15.8 Å². The first-order chi connectivity index (χ1) is 12.0. The summed E-state index contributed by atoms with van der Waals surface area (Å²) < 4.78 is 5.15. The molecule has 0 aliphatic heterocycles. The largest absolute Gasteiger partial charge is 0.496 e. The summed E-state index contributed by atoms with van der Waals surface area (Å²) in [5.41, 5.74) is 6.90. The Kier molecular flexibility index (Phi) is 6.28. The maximum Gasteiger partial charge on any atom is 0.248 e. The van der Waals surface area contributed by atoms with Crippen LogP contribution in [0.25, 0.3) is 0 Å². The van der Waals surface area contributed by atoms with Gasteiger partial charge >= 0.3 is 0 Å². The predicted molar refractivity (Wildman–Crippen MR) is 93.4 cm³/mol. The van der Waals surface area contributed by atoms with E-state index in [0.717, 1.165) is 5.56 Å². The first-order valence-electron chi connectivity index (χ1n) is 7.83. The highest BCUT2D eigenvalue weighted by molar-refractivity contribution is 6.00. The first-order valence-corrected chi connectivity index (χ1v) is 7.83. The molecule has 0 bridgehead atoms. The van der Waals surface area contributed by atoms with Gasteiger partial charge in [-0.25, -0.2) is 0 Å². The highest BCUT2D eigenvalue weighted by atomic mass is 16.5. The average Bonchev–Trinajstić information content (AvgIpc) is 2.64. The molecule has 6 heteroatoms. The third-order valence-corrected chi connectivity index (χ3v) is 3.71. The van der Waals surface area contributed by atoms with Crippen molar-refractivity contribution < 1.29 is 19.1 Å². The lowest BCUT2D eigenvalue weighted by Gasteiger charge is -2.08. The van der Waals surface area contributed by atoms with E-state index in [9.17, 15) is 14.4 Å². The second-order valence-corrected chi connectivity index (χ2v) is 5.46. The molecule has 0 radical (unpaired) electrons. The van der Waals surface area contributed by atoms with Gasteiger partial charge in [-0.05, 0) is 29.8 Å². The van der Waals surface area contributed by atoms with Gasteiger partial charge in [0.05, 0.1) is 12.7 Å². The highest BCUT2D eigenvalue weighted by Crippen LogP contribution is 2.19. The van der Waals surface area contributed by atoms with E-state index >= 15 is 0 Å². The quantitative estimate of drug-likeness (QED) is 0.719. The zero-order valence-electron chi connectivity index (χ0n) is 14.0. The molecule has 0 atom stereocenters. The summed E-state index contributed by atoms with van der Waals surface area (Å²) in [5.74, 6) is -0.353. The first kappa shape index (κ1) is 18.2. The number of nitrogens with one attached hydrogen (secondary N) is 1. The summed E-state index contributed by atoms with van der Waals surface area (Å²) in [5, 5.41) is 2.74. The van der Waals surface area contributed by atoms with Gasteiger partial charge in [0.1, 0.15) is 5.75 Å². The van der Waals surface area contributed by atoms with Crippen LogP contribution in [0, 0.1) is 0 Å². The number of amides is 2. The zero-order valence-corrected chi connectivity index (χ0v) is 14.0. The number of methoxy groups -OCH3 is 1. The standard InChI is InChI=1S/C19H20N2O4/c1-25-17-5-3-2-4-15(17)16(22)10-11-18(23)21-12-13-6-8-14(9-7-13)19(20)24/h2-9H,10-12H2,1H3,(H2,20,24)(H,21,23). The number of primary amides is 1. The lowest BCUT2D eigenvalue weighted by molar-refractivity contribution is -0.121. The van der Waals surface area contributed by atoms with Crippen LogP contribution in [0.5, 0.6) is 5.75 Å². The highest BCUT2D eigenvalue weighted by Gasteiger charge is 2.13. The zero-order chi connectivity index (χ0) is 18.2. The number of rotatable bonds is 8. The Morgan fingerprint density at radius 3 is 2.32 bits per heavy atom. The average molecular weight is 340 g/mol. The van der Waals surface area contributed by atoms with Crippen LogP contribution in [0.15, 0.2) is 48.5 Å². The van der Waals surface area contributed by atoms with Gasteiger partial charge in [0.2, 0.25) is 11.8 Å². The second kappa shape index (κ2) is 8.63. The Morgan fingerprint density at radius 2 is 1.68 bits per heavy atom. The van der Waals surface area contributed by atoms with Crippen LogP contribution >= 0.6 is 0 Å². The fourth-order valence-corrected chi connectivity index (χ4v) is 2.31. The monoisotopic (exact) mass is 340 g/mol. The number of hydrogen-bond acceptors (Lipinski definition) is 4. The minimum Gasteiger partial charge on any atom is -0.496 e. The Morgan fingerprint density at radius 1 is 1.00 bits per heavy atom. The second-order valence-electron chi connectivity index (χ2n) is 5.46. The topological polar surface area (TPSA) is 98.5 Å². The van der Waals surface area contributed by atoms with Gasteiger partial charge in [-0.15, -0.1) is 0 Å². The van der Waals surface area contributed by atoms with Crippen molar-refractivity contribution in [1.82, 2.24) is 5.32 Å². The van der Waals surface area contributed by atoms with Crippen molar-refractivity contribution >= 4 is 17.6 Å². The molecule has 0 saturated carbocycles. The fourth-order valence-electron chi connectivity index (χ4n) is 2.31. The van der Waals surface area contributed by atoms with Crippen molar-refractivity contribution in [1.29, 1.82) is 0 Å². The molecule has 0 aliphatic carbocycles. The predicted octanol–water partition coefficient (Wildman–Crippen LogP) is 2.07. The molecule has 130 valence electrons. The summed E-state index contributed by atoms with van der Waals surface area (Å²) in [6, 6.07) is 13.6. The number of hydrogen-bond donors (Lipinski definition) is 2. The van der Waals surface area contributed by atoms with E-state index in [1.54, 1.807) is 48.5 Å². The summed E-state index contributed by atoms with van der Waals surface area (Å²) in [7, 11) is 1.50. The van der Waals surface area contributed by atoms with E-state index in [0.29, 0.717) is 23.4 Å².